The molecule has 0 aromatic heterocycles. The first-order chi connectivity index (χ1) is 10.5. The van der Waals surface area contributed by atoms with E-state index in [-0.39, 0.29) is 35.7 Å². The van der Waals surface area contributed by atoms with E-state index < -0.39 is 11.9 Å². The number of aliphatic hydroxyl groups excluding tert-OH is 1. The summed E-state index contributed by atoms with van der Waals surface area (Å²) in [5.41, 5.74) is 0. The summed E-state index contributed by atoms with van der Waals surface area (Å²) in [6.07, 6.45) is 4.16. The molecule has 2 saturated carbocycles. The Hall–Kier alpha value is -1.17. The number of aliphatic hydroxyl groups is 1. The number of fused-ring (bicyclic) bond motifs is 5. The molecule has 2 heterocycles. The van der Waals surface area contributed by atoms with Crippen LogP contribution in [0.4, 0.5) is 0 Å². The van der Waals surface area contributed by atoms with Crippen LogP contribution in [0.3, 0.4) is 0 Å². The number of rotatable bonds is 0. The molecule has 0 aromatic rings. The molecule has 0 spiro atoms. The second kappa shape index (κ2) is 4.92. The van der Waals surface area contributed by atoms with E-state index in [0.29, 0.717) is 18.2 Å². The predicted molar refractivity (Wildman–Crippen MR) is 81.0 cm³/mol. The largest absolute Gasteiger partial charge is 0.393 e. The molecular weight excluding hydrogens is 279 g/mol. The molecule has 2 aliphatic heterocycles. The number of amides is 2. The highest BCUT2D eigenvalue weighted by Crippen LogP contribution is 2.51. The summed E-state index contributed by atoms with van der Waals surface area (Å²) < 4.78 is 0. The highest BCUT2D eigenvalue weighted by molar-refractivity contribution is 6.23. The van der Waals surface area contributed by atoms with Crippen LogP contribution in [0.25, 0.3) is 0 Å². The Morgan fingerprint density at radius 1 is 1.23 bits per heavy atom. The molecule has 6 heteroatoms. The zero-order valence-electron chi connectivity index (χ0n) is 12.8. The van der Waals surface area contributed by atoms with Crippen molar-refractivity contribution in [2.75, 3.05) is 0 Å². The number of nitrogens with zero attached hydrogens (tertiary/aromatic N) is 2. The first-order valence-electron chi connectivity index (χ1n) is 8.38. The Bertz CT molecular complexity index is 564. The van der Waals surface area contributed by atoms with Gasteiger partial charge in [0.25, 0.3) is 5.91 Å². The van der Waals surface area contributed by atoms with Crippen LogP contribution in [0.2, 0.25) is 0 Å². The summed E-state index contributed by atoms with van der Waals surface area (Å²) in [5, 5.41) is 10.0. The molecule has 2 amide bonds. The number of aliphatic imine (C=N–C) groups is 1. The molecule has 2 radical (unpaired) electrons. The van der Waals surface area contributed by atoms with Crippen LogP contribution in [-0.2, 0) is 9.59 Å². The lowest BCUT2D eigenvalue weighted by molar-refractivity contribution is -0.134. The Morgan fingerprint density at radius 3 is 2.73 bits per heavy atom. The van der Waals surface area contributed by atoms with Crippen molar-refractivity contribution in [1.82, 2.24) is 4.90 Å². The Kier molecular flexibility index (Phi) is 3.22. The fourth-order valence-corrected chi connectivity index (χ4v) is 5.03. The van der Waals surface area contributed by atoms with Crippen molar-refractivity contribution >= 4 is 25.5 Å². The predicted octanol–water partition coefficient (Wildman–Crippen LogP) is 0.701. The maximum Gasteiger partial charge on any atom is 0.251 e. The smallest absolute Gasteiger partial charge is 0.251 e. The van der Waals surface area contributed by atoms with Gasteiger partial charge in [0, 0.05) is 23.7 Å². The number of amidine groups is 1. The quantitative estimate of drug-likeness (QED) is 0.670. The SMILES string of the molecule is [B][C@H]1[C@@H](C)C(=O)N=C2C3C(CCC4CCC(O)CC43)C(=O)N21. The fraction of sp³-hybridized carbons (Fsp3) is 0.812. The van der Waals surface area contributed by atoms with Crippen molar-refractivity contribution in [1.29, 1.82) is 0 Å². The molecule has 22 heavy (non-hydrogen) atoms. The van der Waals surface area contributed by atoms with Crippen LogP contribution in [0, 0.1) is 29.6 Å². The van der Waals surface area contributed by atoms with E-state index in [1.807, 2.05) is 0 Å². The second-order valence-electron chi connectivity index (χ2n) is 7.40. The van der Waals surface area contributed by atoms with Gasteiger partial charge in [0.15, 0.2) is 0 Å². The lowest BCUT2D eigenvalue weighted by Gasteiger charge is -2.43. The zero-order valence-corrected chi connectivity index (χ0v) is 12.8. The van der Waals surface area contributed by atoms with Crippen LogP contribution in [0.5, 0.6) is 0 Å². The monoisotopic (exact) mass is 300 g/mol. The number of hydrogen-bond donors (Lipinski definition) is 1. The summed E-state index contributed by atoms with van der Waals surface area (Å²) in [5.74, 6) is 0.0346. The minimum Gasteiger partial charge on any atom is -0.393 e. The molecule has 0 aromatic carbocycles. The molecule has 2 aliphatic carbocycles. The molecule has 1 saturated heterocycles. The summed E-state index contributed by atoms with van der Waals surface area (Å²) in [4.78, 5) is 30.7. The van der Waals surface area contributed by atoms with Gasteiger partial charge in [-0.25, -0.2) is 0 Å². The average molecular weight is 300 g/mol. The summed E-state index contributed by atoms with van der Waals surface area (Å²) in [6.45, 7) is 1.73. The minimum atomic E-state index is -0.593. The van der Waals surface area contributed by atoms with Crippen LogP contribution in [0.1, 0.15) is 39.0 Å². The van der Waals surface area contributed by atoms with Gasteiger partial charge >= 0.3 is 0 Å². The molecule has 5 nitrogen and oxygen atoms in total. The topological polar surface area (TPSA) is 70.0 Å². The highest BCUT2D eigenvalue weighted by atomic mass is 16.3. The zero-order chi connectivity index (χ0) is 15.6. The van der Waals surface area contributed by atoms with Gasteiger partial charge in [-0.3, -0.25) is 9.59 Å². The first-order valence-corrected chi connectivity index (χ1v) is 8.38. The van der Waals surface area contributed by atoms with Crippen molar-refractivity contribution in [3.05, 3.63) is 0 Å². The molecule has 5 unspecified atom stereocenters. The lowest BCUT2D eigenvalue weighted by Crippen LogP contribution is -2.51. The maximum absolute atomic E-state index is 12.8. The van der Waals surface area contributed by atoms with Crippen LogP contribution < -0.4 is 0 Å². The van der Waals surface area contributed by atoms with Gasteiger partial charge in [-0.05, 0) is 43.9 Å². The standard InChI is InChI=1S/C16H21BN2O3/c1-7-13(17)19-14(18-15(7)21)12-10(16(19)22)5-3-8-2-4-9(20)6-11(8)12/h7-13,20H,2-6H2,1H3/t7-,8?,9?,10?,11?,12?,13-/m1/s1. The van der Waals surface area contributed by atoms with E-state index in [4.69, 9.17) is 7.85 Å². The Balaban J connectivity index is 1.75. The summed E-state index contributed by atoms with van der Waals surface area (Å²) in [7, 11) is 6.15. The van der Waals surface area contributed by atoms with Gasteiger partial charge in [-0.2, -0.15) is 4.99 Å². The van der Waals surface area contributed by atoms with Crippen LogP contribution >= 0.6 is 0 Å². The Morgan fingerprint density at radius 2 is 1.95 bits per heavy atom. The second-order valence-corrected chi connectivity index (χ2v) is 7.40. The molecule has 116 valence electrons. The van der Waals surface area contributed by atoms with Gasteiger partial charge < -0.3 is 10.0 Å². The molecule has 7 atom stereocenters. The fourth-order valence-electron chi connectivity index (χ4n) is 5.03. The third-order valence-electron chi connectivity index (χ3n) is 6.29. The van der Waals surface area contributed by atoms with Crippen molar-refractivity contribution in [2.24, 2.45) is 34.6 Å². The normalized spacial score (nSPS) is 47.6. The van der Waals surface area contributed by atoms with Gasteiger partial charge in [-0.15, -0.1) is 0 Å². The van der Waals surface area contributed by atoms with Gasteiger partial charge in [-0.1, -0.05) is 6.92 Å². The van der Waals surface area contributed by atoms with E-state index in [2.05, 4.69) is 4.99 Å². The van der Waals surface area contributed by atoms with Gasteiger partial charge in [0.2, 0.25) is 5.91 Å². The third kappa shape index (κ3) is 1.85. The van der Waals surface area contributed by atoms with E-state index in [1.165, 1.54) is 0 Å². The van der Waals surface area contributed by atoms with Gasteiger partial charge in [0.05, 0.1) is 6.10 Å². The lowest BCUT2D eigenvalue weighted by atomic mass is 9.61. The van der Waals surface area contributed by atoms with E-state index in [9.17, 15) is 14.7 Å². The van der Waals surface area contributed by atoms with Crippen LogP contribution in [-0.4, -0.2) is 47.5 Å². The molecule has 4 aliphatic rings. The summed E-state index contributed by atoms with van der Waals surface area (Å²) >= 11 is 0. The van der Waals surface area contributed by atoms with Crippen LogP contribution in [0.15, 0.2) is 4.99 Å². The van der Waals surface area contributed by atoms with Gasteiger partial charge in [0.1, 0.15) is 13.7 Å². The van der Waals surface area contributed by atoms with E-state index in [0.717, 1.165) is 25.7 Å². The Labute approximate surface area is 131 Å². The highest BCUT2D eigenvalue weighted by Gasteiger charge is 2.57. The third-order valence-corrected chi connectivity index (χ3v) is 6.29. The van der Waals surface area contributed by atoms with Crippen molar-refractivity contribution < 1.29 is 14.7 Å². The number of carbonyl (C=O) groups excluding carboxylic acids is 2. The maximum atomic E-state index is 12.8. The van der Waals surface area contributed by atoms with Crippen molar-refractivity contribution in [3.8, 4) is 0 Å². The molecule has 1 N–H and O–H groups in total. The molecule has 0 bridgehead atoms. The molecule has 3 fully saturated rings. The van der Waals surface area contributed by atoms with E-state index in [1.54, 1.807) is 11.8 Å². The minimum absolute atomic E-state index is 0.0244. The average Bonchev–Trinajstić information content (AvgIpc) is 2.78. The van der Waals surface area contributed by atoms with E-state index >= 15 is 0 Å². The summed E-state index contributed by atoms with van der Waals surface area (Å²) in [6, 6.07) is 0. The molecule has 4 rings (SSSR count). The number of carbonyl (C=O) groups is 2. The first kappa shape index (κ1) is 14.4. The number of hydrogen-bond acceptors (Lipinski definition) is 3. The molecular formula is C16H21BN2O3. The van der Waals surface area contributed by atoms with Crippen molar-refractivity contribution in [3.63, 3.8) is 0 Å². The van der Waals surface area contributed by atoms with Crippen molar-refractivity contribution in [2.45, 2.75) is 51.1 Å².